The minimum absolute atomic E-state index is 0.847. The number of nitrogens with zero attached hydrogens (tertiary/aromatic N) is 2. The predicted molar refractivity (Wildman–Crippen MR) is 82.6 cm³/mol. The molecule has 0 amide bonds. The Morgan fingerprint density at radius 2 is 1.89 bits per heavy atom. The van der Waals surface area contributed by atoms with Gasteiger partial charge in [-0.2, -0.15) is 0 Å². The van der Waals surface area contributed by atoms with E-state index in [1.54, 1.807) is 0 Å². The van der Waals surface area contributed by atoms with E-state index in [4.69, 9.17) is 0 Å². The summed E-state index contributed by atoms with van der Waals surface area (Å²) in [4.78, 5) is 5.51. The van der Waals surface area contributed by atoms with Crippen molar-refractivity contribution >= 4 is 0 Å². The van der Waals surface area contributed by atoms with Gasteiger partial charge in [0.15, 0.2) is 0 Å². The Bertz CT molecular complexity index is 244. The van der Waals surface area contributed by atoms with Gasteiger partial charge in [0, 0.05) is 12.1 Å². The normalized spacial score (nSPS) is 31.3. The fraction of sp³-hybridized carbons (Fsp3) is 1.00. The molecule has 2 heterocycles. The van der Waals surface area contributed by atoms with Crippen LogP contribution in [0.1, 0.15) is 51.9 Å². The van der Waals surface area contributed by atoms with Crippen LogP contribution < -0.4 is 5.32 Å². The first-order valence-electron chi connectivity index (χ1n) is 8.47. The third kappa shape index (κ3) is 4.44. The van der Waals surface area contributed by atoms with Crippen LogP contribution in [0, 0.1) is 0 Å². The van der Waals surface area contributed by atoms with Gasteiger partial charge in [-0.25, -0.2) is 0 Å². The van der Waals surface area contributed by atoms with Crippen LogP contribution >= 0.6 is 0 Å². The zero-order chi connectivity index (χ0) is 13.5. The van der Waals surface area contributed by atoms with E-state index in [0.29, 0.717) is 0 Å². The maximum atomic E-state index is 3.33. The minimum Gasteiger partial charge on any atom is -0.320 e. The molecule has 0 radical (unpaired) electrons. The average molecular weight is 267 g/mol. The summed E-state index contributed by atoms with van der Waals surface area (Å²) < 4.78 is 0. The number of piperidine rings is 1. The van der Waals surface area contributed by atoms with Gasteiger partial charge in [-0.05, 0) is 78.3 Å². The highest BCUT2D eigenvalue weighted by molar-refractivity contribution is 4.85. The van der Waals surface area contributed by atoms with Gasteiger partial charge < -0.3 is 10.2 Å². The minimum atomic E-state index is 0.847. The highest BCUT2D eigenvalue weighted by atomic mass is 15.2. The molecule has 0 bridgehead atoms. The molecular formula is C16H33N3. The highest BCUT2D eigenvalue weighted by Crippen LogP contribution is 2.26. The molecule has 3 nitrogen and oxygen atoms in total. The van der Waals surface area contributed by atoms with E-state index in [0.717, 1.165) is 12.1 Å². The second-order valence-electron chi connectivity index (χ2n) is 6.30. The molecule has 0 saturated carbocycles. The molecule has 0 aromatic heterocycles. The lowest BCUT2D eigenvalue weighted by molar-refractivity contribution is 0.0802. The predicted octanol–water partition coefficient (Wildman–Crippen LogP) is 2.32. The van der Waals surface area contributed by atoms with Crippen molar-refractivity contribution in [3.63, 3.8) is 0 Å². The molecule has 0 aliphatic carbocycles. The van der Waals surface area contributed by atoms with Crippen LogP contribution in [-0.4, -0.2) is 61.7 Å². The monoisotopic (exact) mass is 267 g/mol. The summed E-state index contributed by atoms with van der Waals surface area (Å²) >= 11 is 0. The van der Waals surface area contributed by atoms with Gasteiger partial charge >= 0.3 is 0 Å². The van der Waals surface area contributed by atoms with E-state index < -0.39 is 0 Å². The molecule has 2 unspecified atom stereocenters. The lowest BCUT2D eigenvalue weighted by Crippen LogP contribution is -2.47. The van der Waals surface area contributed by atoms with Crippen LogP contribution in [0.3, 0.4) is 0 Å². The molecular weight excluding hydrogens is 234 g/mol. The maximum Gasteiger partial charge on any atom is 0.0111 e. The van der Waals surface area contributed by atoms with Crippen molar-refractivity contribution in [2.45, 2.75) is 64.0 Å². The van der Waals surface area contributed by atoms with Crippen LogP contribution in [0.2, 0.25) is 0 Å². The van der Waals surface area contributed by atoms with Crippen molar-refractivity contribution in [1.29, 1.82) is 0 Å². The van der Waals surface area contributed by atoms with Crippen molar-refractivity contribution in [1.82, 2.24) is 15.1 Å². The van der Waals surface area contributed by atoms with Crippen LogP contribution in [0.5, 0.6) is 0 Å². The van der Waals surface area contributed by atoms with Gasteiger partial charge in [-0.3, -0.25) is 4.90 Å². The van der Waals surface area contributed by atoms with Crippen molar-refractivity contribution in [3.05, 3.63) is 0 Å². The van der Waals surface area contributed by atoms with Crippen LogP contribution in [0.25, 0.3) is 0 Å². The molecule has 0 aromatic rings. The quantitative estimate of drug-likeness (QED) is 0.825. The standard InChI is InChI=1S/C16H33N3/c1-3-18-12-6-8-16(10-14-18)19-13-5-4-7-15(19)9-11-17-2/h15-17H,3-14H2,1-2H3. The van der Waals surface area contributed by atoms with Gasteiger partial charge in [-0.1, -0.05) is 13.3 Å². The number of hydrogen-bond donors (Lipinski definition) is 1. The molecule has 112 valence electrons. The first kappa shape index (κ1) is 15.3. The molecule has 3 heteroatoms. The highest BCUT2D eigenvalue weighted by Gasteiger charge is 2.29. The summed E-state index contributed by atoms with van der Waals surface area (Å²) in [7, 11) is 2.08. The first-order valence-corrected chi connectivity index (χ1v) is 8.47. The lowest BCUT2D eigenvalue weighted by atomic mass is 9.94. The third-order valence-electron chi connectivity index (χ3n) is 5.11. The Hall–Kier alpha value is -0.120. The Morgan fingerprint density at radius 3 is 2.68 bits per heavy atom. The summed E-state index contributed by atoms with van der Waals surface area (Å²) in [5.74, 6) is 0. The Labute approximate surface area is 119 Å². The fourth-order valence-corrected chi connectivity index (χ4v) is 3.91. The largest absolute Gasteiger partial charge is 0.320 e. The summed E-state index contributed by atoms with van der Waals surface area (Å²) in [5, 5.41) is 3.33. The second-order valence-corrected chi connectivity index (χ2v) is 6.30. The molecule has 2 saturated heterocycles. The Kier molecular flexibility index (Phi) is 6.62. The lowest BCUT2D eigenvalue weighted by Gasteiger charge is -2.41. The van der Waals surface area contributed by atoms with Gasteiger partial charge in [-0.15, -0.1) is 0 Å². The number of hydrogen-bond acceptors (Lipinski definition) is 3. The molecule has 1 N–H and O–H groups in total. The molecule has 2 aliphatic heterocycles. The van der Waals surface area contributed by atoms with Crippen molar-refractivity contribution in [3.8, 4) is 0 Å². The molecule has 2 atom stereocenters. The van der Waals surface area contributed by atoms with Crippen LogP contribution in [0.15, 0.2) is 0 Å². The molecule has 19 heavy (non-hydrogen) atoms. The molecule has 2 aliphatic rings. The fourth-order valence-electron chi connectivity index (χ4n) is 3.91. The van der Waals surface area contributed by atoms with Crippen molar-refractivity contribution < 1.29 is 0 Å². The number of nitrogens with one attached hydrogen (secondary N) is 1. The zero-order valence-corrected chi connectivity index (χ0v) is 13.0. The molecule has 2 fully saturated rings. The first-order chi connectivity index (χ1) is 9.35. The number of likely N-dealkylation sites (tertiary alicyclic amines) is 2. The van der Waals surface area contributed by atoms with Crippen molar-refractivity contribution in [2.24, 2.45) is 0 Å². The smallest absolute Gasteiger partial charge is 0.0111 e. The molecule has 2 rings (SSSR count). The second kappa shape index (κ2) is 8.23. The van der Waals surface area contributed by atoms with E-state index in [1.807, 2.05) is 0 Å². The third-order valence-corrected chi connectivity index (χ3v) is 5.11. The topological polar surface area (TPSA) is 18.5 Å². The Balaban J connectivity index is 1.89. The van der Waals surface area contributed by atoms with Gasteiger partial charge in [0.25, 0.3) is 0 Å². The Morgan fingerprint density at radius 1 is 1.00 bits per heavy atom. The van der Waals surface area contributed by atoms with Crippen LogP contribution in [-0.2, 0) is 0 Å². The summed E-state index contributed by atoms with van der Waals surface area (Å²) in [6.45, 7) is 8.70. The summed E-state index contributed by atoms with van der Waals surface area (Å²) in [5.41, 5.74) is 0. The van der Waals surface area contributed by atoms with E-state index >= 15 is 0 Å². The van der Waals surface area contributed by atoms with Gasteiger partial charge in [0.2, 0.25) is 0 Å². The zero-order valence-electron chi connectivity index (χ0n) is 13.0. The van der Waals surface area contributed by atoms with E-state index in [1.165, 1.54) is 77.7 Å². The average Bonchev–Trinajstić information content (AvgIpc) is 2.70. The van der Waals surface area contributed by atoms with Gasteiger partial charge in [0.05, 0.1) is 0 Å². The van der Waals surface area contributed by atoms with E-state index in [2.05, 4.69) is 29.1 Å². The molecule has 0 spiro atoms. The summed E-state index contributed by atoms with van der Waals surface area (Å²) in [6.07, 6.45) is 9.84. The SMILES string of the molecule is CCN1CCCC(N2CCCCC2CCNC)CC1. The van der Waals surface area contributed by atoms with Gasteiger partial charge in [0.1, 0.15) is 0 Å². The van der Waals surface area contributed by atoms with E-state index in [-0.39, 0.29) is 0 Å². The van der Waals surface area contributed by atoms with Crippen LogP contribution in [0.4, 0.5) is 0 Å². The maximum absolute atomic E-state index is 3.33. The van der Waals surface area contributed by atoms with Crippen molar-refractivity contribution in [2.75, 3.05) is 39.8 Å². The van der Waals surface area contributed by atoms with E-state index in [9.17, 15) is 0 Å². The summed E-state index contributed by atoms with van der Waals surface area (Å²) in [6, 6.07) is 1.71. The number of rotatable bonds is 5. The molecule has 0 aromatic carbocycles.